The number of hydrogen-bond acceptors (Lipinski definition) is 5. The molecule has 0 bridgehead atoms. The Hall–Kier alpha value is -2.81. The molecule has 3 aromatic rings. The van der Waals surface area contributed by atoms with Crippen LogP contribution in [0, 0.1) is 0 Å². The molecule has 156 valence electrons. The van der Waals surface area contributed by atoms with Gasteiger partial charge in [0.2, 0.25) is 0 Å². The van der Waals surface area contributed by atoms with E-state index >= 15 is 0 Å². The smallest absolute Gasteiger partial charge is 0.261 e. The number of nitrogens with zero attached hydrogens (tertiary/aromatic N) is 1. The fraction of sp³-hybridized carbons (Fsp3) is 0.100. The summed E-state index contributed by atoms with van der Waals surface area (Å²) in [5.74, 6) is -0.158. The second kappa shape index (κ2) is 9.80. The van der Waals surface area contributed by atoms with Gasteiger partial charge >= 0.3 is 0 Å². The summed E-state index contributed by atoms with van der Waals surface area (Å²) in [6, 6.07) is 13.8. The zero-order chi connectivity index (χ0) is 21.6. The highest BCUT2D eigenvalue weighted by Gasteiger charge is 2.17. The van der Waals surface area contributed by atoms with Gasteiger partial charge in [0.25, 0.3) is 15.9 Å². The molecule has 10 heteroatoms. The Morgan fingerprint density at radius 3 is 2.50 bits per heavy atom. The lowest BCUT2D eigenvalue weighted by atomic mass is 10.3. The van der Waals surface area contributed by atoms with Crippen LogP contribution in [0.1, 0.15) is 5.56 Å². The summed E-state index contributed by atoms with van der Waals surface area (Å²) < 4.78 is 32.9. The quantitative estimate of drug-likeness (QED) is 0.525. The van der Waals surface area contributed by atoms with Crippen molar-refractivity contribution in [1.29, 1.82) is 0 Å². The molecule has 2 N–H and O–H groups in total. The SMILES string of the molecule is O=C(COc1ccc(S(=O)(=O)Nc2ccc(Cl)cc2)cc1Cl)NCc1cccnc1. The standard InChI is InChI=1S/C20H17Cl2N3O4S/c21-15-3-5-16(6-4-15)25-30(27,28)17-7-8-19(18(22)10-17)29-13-20(26)24-12-14-2-1-9-23-11-14/h1-11,25H,12-13H2,(H,24,26). The number of rotatable bonds is 8. The molecule has 2 aromatic carbocycles. The molecule has 0 aliphatic heterocycles. The molecule has 7 nitrogen and oxygen atoms in total. The third-order valence-corrected chi connectivity index (χ3v) is 5.81. The van der Waals surface area contributed by atoms with Crippen molar-refractivity contribution in [2.24, 2.45) is 0 Å². The molecule has 0 spiro atoms. The molecule has 0 saturated carbocycles. The maximum absolute atomic E-state index is 12.5. The maximum Gasteiger partial charge on any atom is 0.261 e. The molecule has 1 aromatic heterocycles. The van der Waals surface area contributed by atoms with Gasteiger partial charge in [-0.1, -0.05) is 29.3 Å². The molecule has 0 atom stereocenters. The number of pyridine rings is 1. The number of hydrogen-bond donors (Lipinski definition) is 2. The van der Waals surface area contributed by atoms with Gasteiger partial charge in [-0.05, 0) is 54.1 Å². The van der Waals surface area contributed by atoms with E-state index in [1.165, 1.54) is 18.2 Å². The number of halogens is 2. The van der Waals surface area contributed by atoms with Crippen LogP contribution in [0.15, 0.2) is 71.9 Å². The molecule has 0 aliphatic rings. The number of aromatic nitrogens is 1. The number of ether oxygens (including phenoxy) is 1. The first-order chi connectivity index (χ1) is 14.3. The Morgan fingerprint density at radius 1 is 1.07 bits per heavy atom. The van der Waals surface area contributed by atoms with Crippen molar-refractivity contribution in [1.82, 2.24) is 10.3 Å². The number of carbonyl (C=O) groups excluding carboxylic acids is 1. The third kappa shape index (κ3) is 6.09. The minimum absolute atomic E-state index is 0.0455. The summed E-state index contributed by atoms with van der Waals surface area (Å²) >= 11 is 11.9. The van der Waals surface area contributed by atoms with Gasteiger partial charge in [0.15, 0.2) is 6.61 Å². The van der Waals surface area contributed by atoms with Crippen LogP contribution in [-0.4, -0.2) is 25.9 Å². The highest BCUT2D eigenvalue weighted by Crippen LogP contribution is 2.28. The fourth-order valence-corrected chi connectivity index (χ4v) is 3.91. The molecule has 30 heavy (non-hydrogen) atoms. The lowest BCUT2D eigenvalue weighted by molar-refractivity contribution is -0.123. The van der Waals surface area contributed by atoms with Crippen LogP contribution in [0.5, 0.6) is 5.75 Å². The predicted octanol–water partition coefficient (Wildman–Crippen LogP) is 3.88. The van der Waals surface area contributed by atoms with Crippen molar-refractivity contribution in [2.45, 2.75) is 11.4 Å². The monoisotopic (exact) mass is 465 g/mol. The van der Waals surface area contributed by atoms with Crippen LogP contribution in [0.3, 0.4) is 0 Å². The zero-order valence-electron chi connectivity index (χ0n) is 15.5. The van der Waals surface area contributed by atoms with E-state index in [0.29, 0.717) is 17.3 Å². The Morgan fingerprint density at radius 2 is 1.83 bits per heavy atom. The largest absolute Gasteiger partial charge is 0.482 e. The van der Waals surface area contributed by atoms with Crippen molar-refractivity contribution in [3.05, 3.63) is 82.6 Å². The van der Waals surface area contributed by atoms with E-state index in [-0.39, 0.29) is 28.2 Å². The molecule has 0 unspecified atom stereocenters. The summed E-state index contributed by atoms with van der Waals surface area (Å²) in [5.41, 5.74) is 1.22. The van der Waals surface area contributed by atoms with Crippen LogP contribution >= 0.6 is 23.2 Å². The van der Waals surface area contributed by atoms with Crippen molar-refractivity contribution < 1.29 is 17.9 Å². The van der Waals surface area contributed by atoms with Crippen LogP contribution < -0.4 is 14.8 Å². The van der Waals surface area contributed by atoms with Crippen molar-refractivity contribution in [3.63, 3.8) is 0 Å². The van der Waals surface area contributed by atoms with Gasteiger partial charge in [-0.25, -0.2) is 8.42 Å². The molecule has 0 saturated heterocycles. The minimum Gasteiger partial charge on any atom is -0.482 e. The number of benzene rings is 2. The van der Waals surface area contributed by atoms with Crippen LogP contribution in [0.2, 0.25) is 10.0 Å². The van der Waals surface area contributed by atoms with Gasteiger partial charge in [0.05, 0.1) is 9.92 Å². The molecule has 1 heterocycles. The summed E-state index contributed by atoms with van der Waals surface area (Å²) in [5, 5.41) is 3.25. The van der Waals surface area contributed by atoms with E-state index in [4.69, 9.17) is 27.9 Å². The normalized spacial score (nSPS) is 11.0. The second-order valence-corrected chi connectivity index (χ2v) is 8.66. The summed E-state index contributed by atoms with van der Waals surface area (Å²) in [4.78, 5) is 15.9. The molecule has 0 radical (unpaired) electrons. The Balaban J connectivity index is 1.59. The van der Waals surface area contributed by atoms with Gasteiger partial charge < -0.3 is 10.1 Å². The van der Waals surface area contributed by atoms with E-state index in [9.17, 15) is 13.2 Å². The van der Waals surface area contributed by atoms with Crippen molar-refractivity contribution in [2.75, 3.05) is 11.3 Å². The van der Waals surface area contributed by atoms with Gasteiger partial charge in [0.1, 0.15) is 5.75 Å². The van der Waals surface area contributed by atoms with Gasteiger partial charge in [-0.15, -0.1) is 0 Å². The molecule has 1 amide bonds. The average Bonchev–Trinajstić information content (AvgIpc) is 2.73. The summed E-state index contributed by atoms with van der Waals surface area (Å²) in [6.07, 6.45) is 3.29. The minimum atomic E-state index is -3.85. The van der Waals surface area contributed by atoms with E-state index in [1.807, 2.05) is 6.07 Å². The Bertz CT molecular complexity index is 1120. The number of anilines is 1. The predicted molar refractivity (Wildman–Crippen MR) is 115 cm³/mol. The molecule has 0 aliphatic carbocycles. The highest BCUT2D eigenvalue weighted by molar-refractivity contribution is 7.92. The molecular formula is C20H17Cl2N3O4S. The van der Waals surface area contributed by atoms with Crippen LogP contribution in [-0.2, 0) is 21.4 Å². The lowest BCUT2D eigenvalue weighted by Crippen LogP contribution is -2.28. The van der Waals surface area contributed by atoms with Crippen LogP contribution in [0.4, 0.5) is 5.69 Å². The molecule has 0 fully saturated rings. The maximum atomic E-state index is 12.5. The van der Waals surface area contributed by atoms with Gasteiger partial charge in [-0.3, -0.25) is 14.5 Å². The van der Waals surface area contributed by atoms with Gasteiger partial charge in [0, 0.05) is 29.6 Å². The first-order valence-electron chi connectivity index (χ1n) is 8.70. The zero-order valence-corrected chi connectivity index (χ0v) is 17.8. The van der Waals surface area contributed by atoms with Crippen molar-refractivity contribution in [3.8, 4) is 5.75 Å². The van der Waals surface area contributed by atoms with E-state index < -0.39 is 10.0 Å². The first-order valence-corrected chi connectivity index (χ1v) is 10.9. The fourth-order valence-electron chi connectivity index (χ4n) is 2.40. The first kappa shape index (κ1) is 21.9. The second-order valence-electron chi connectivity index (χ2n) is 6.13. The summed E-state index contributed by atoms with van der Waals surface area (Å²) in [6.45, 7) is 0.0480. The number of nitrogens with one attached hydrogen (secondary N) is 2. The Labute approximate surface area is 184 Å². The number of amides is 1. The Kier molecular flexibility index (Phi) is 7.15. The van der Waals surface area contributed by atoms with E-state index in [2.05, 4.69) is 15.0 Å². The molecular weight excluding hydrogens is 449 g/mol. The van der Waals surface area contributed by atoms with E-state index in [1.54, 1.807) is 42.7 Å². The molecule has 3 rings (SSSR count). The highest BCUT2D eigenvalue weighted by atomic mass is 35.5. The summed E-state index contributed by atoms with van der Waals surface area (Å²) in [7, 11) is -3.85. The number of carbonyl (C=O) groups is 1. The van der Waals surface area contributed by atoms with Crippen LogP contribution in [0.25, 0.3) is 0 Å². The topological polar surface area (TPSA) is 97.4 Å². The van der Waals surface area contributed by atoms with Crippen molar-refractivity contribution >= 4 is 44.8 Å². The lowest BCUT2D eigenvalue weighted by Gasteiger charge is -2.11. The van der Waals surface area contributed by atoms with E-state index in [0.717, 1.165) is 5.56 Å². The third-order valence-electron chi connectivity index (χ3n) is 3.88. The number of sulfonamides is 1. The van der Waals surface area contributed by atoms with Gasteiger partial charge in [-0.2, -0.15) is 0 Å². The average molecular weight is 466 g/mol.